The van der Waals surface area contributed by atoms with Crippen LogP contribution in [-0.4, -0.2) is 37.3 Å². The predicted octanol–water partition coefficient (Wildman–Crippen LogP) is 8.98. The molecule has 8 heteroatoms. The number of fused-ring (bicyclic) bond motifs is 1. The van der Waals surface area contributed by atoms with E-state index < -0.39 is 0 Å². The molecule has 0 unspecified atom stereocenters. The largest absolute Gasteiger partial charge is 0.508 e. The predicted molar refractivity (Wildman–Crippen MR) is 200 cm³/mol. The Morgan fingerprint density at radius 1 is 0.660 bits per heavy atom. The smallest absolute Gasteiger partial charge is 0.120 e. The van der Waals surface area contributed by atoms with Crippen molar-refractivity contribution in [1.29, 1.82) is 0 Å². The van der Waals surface area contributed by atoms with Gasteiger partial charge in [-0.15, -0.1) is 47.3 Å². The van der Waals surface area contributed by atoms with Crippen LogP contribution in [0.3, 0.4) is 0 Å². The normalized spacial score (nSPS) is 14.3. The SMILES string of the molecule is CC(C)(C)c1nc2c(-c3[c-]cccc3)nccn2c1C(C)(C)C.[Ir].[c-]1ccccc1N1C=CN(CCCCN2C=CN(c3[c-]cccc3)[CH-]2)[CH-]1. The molecule has 3 aromatic carbocycles. The maximum Gasteiger partial charge on any atom is 0.120 e. The maximum atomic E-state index is 5.01. The van der Waals surface area contributed by atoms with Gasteiger partial charge in [-0.25, -0.2) is 4.98 Å². The number of rotatable bonds is 8. The van der Waals surface area contributed by atoms with Crippen molar-refractivity contribution in [2.75, 3.05) is 22.9 Å². The Balaban J connectivity index is 0.000000192. The minimum Gasteiger partial charge on any atom is -0.508 e. The van der Waals surface area contributed by atoms with E-state index in [0.29, 0.717) is 0 Å². The summed E-state index contributed by atoms with van der Waals surface area (Å²) in [6, 6.07) is 33.7. The van der Waals surface area contributed by atoms with Crippen LogP contribution in [-0.2, 0) is 30.9 Å². The molecule has 2 aromatic heterocycles. The number of unbranched alkanes of at least 4 members (excludes halogenated alkanes) is 1. The fraction of sp³-hybridized carbons (Fsp3) is 0.286. The molecule has 7 rings (SSSR count). The summed E-state index contributed by atoms with van der Waals surface area (Å²) in [5, 5.41) is 0. The number of hydrogen-bond acceptors (Lipinski definition) is 6. The molecule has 0 N–H and O–H groups in total. The zero-order valence-corrected chi connectivity index (χ0v) is 32.2. The van der Waals surface area contributed by atoms with Gasteiger partial charge >= 0.3 is 0 Å². The number of para-hydroxylation sites is 2. The minimum atomic E-state index is -0.0215. The Bertz CT molecular complexity index is 1790. The third-order valence-corrected chi connectivity index (χ3v) is 8.33. The third-order valence-electron chi connectivity index (χ3n) is 8.33. The molecule has 50 heavy (non-hydrogen) atoms. The van der Waals surface area contributed by atoms with Crippen LogP contribution < -0.4 is 9.80 Å². The first-order valence-corrected chi connectivity index (χ1v) is 17.0. The maximum absolute atomic E-state index is 5.01. The van der Waals surface area contributed by atoms with Gasteiger partial charge in [0.2, 0.25) is 0 Å². The summed E-state index contributed by atoms with van der Waals surface area (Å²) in [4.78, 5) is 18.3. The van der Waals surface area contributed by atoms with E-state index in [1.54, 1.807) is 0 Å². The molecule has 4 heterocycles. The molecule has 0 bridgehead atoms. The van der Waals surface area contributed by atoms with Gasteiger partial charge in [0.05, 0.1) is 11.4 Å². The molecule has 2 aliphatic rings. The monoisotopic (exact) mass is 841 g/mol. The van der Waals surface area contributed by atoms with E-state index in [1.165, 1.54) is 5.69 Å². The number of anilines is 2. The fourth-order valence-corrected chi connectivity index (χ4v) is 5.96. The van der Waals surface area contributed by atoms with Crippen LogP contribution in [0.4, 0.5) is 11.4 Å². The Morgan fingerprint density at radius 2 is 1.20 bits per heavy atom. The first-order valence-electron chi connectivity index (χ1n) is 17.0. The number of imidazole rings is 1. The van der Waals surface area contributed by atoms with E-state index in [1.807, 2.05) is 73.1 Å². The average molecular weight is 841 g/mol. The molecule has 7 nitrogen and oxygen atoms in total. The van der Waals surface area contributed by atoms with Crippen LogP contribution in [0.15, 0.2) is 110 Å². The average Bonchev–Trinajstić information content (AvgIpc) is 3.87. The molecular formula is C42H46IrN7-5. The van der Waals surface area contributed by atoms with E-state index in [-0.39, 0.29) is 30.9 Å². The number of nitrogens with zero attached hydrogens (tertiary/aromatic N) is 7. The standard InChI is InChI=1S/C22H22N4.C20H24N3.Ir/c1-3-9-21(10-4-1)25-17-15-23(19-25)13-7-8-14-24-16-18-26(20-24)22-11-5-2-6-12-22;1-19(2,3)16-17(20(4,5)6)23-13-12-21-15(18(23)22-16)14-10-8-7-9-11-14;/h1-6,9,11,15-20H,7-8,13-14H2;7-10,12-13H,1-6H3;/q-4;-1;. The minimum absolute atomic E-state index is 0. The topological polar surface area (TPSA) is 43.2 Å². The van der Waals surface area contributed by atoms with Gasteiger partial charge in [0.15, 0.2) is 0 Å². The Labute approximate surface area is 312 Å². The van der Waals surface area contributed by atoms with Crippen LogP contribution in [0.25, 0.3) is 16.9 Å². The summed E-state index contributed by atoms with van der Waals surface area (Å²) in [6.07, 6.45) is 14.6. The fourth-order valence-electron chi connectivity index (χ4n) is 5.96. The molecule has 5 aromatic rings. The van der Waals surface area contributed by atoms with Gasteiger partial charge in [0.25, 0.3) is 0 Å². The molecule has 263 valence electrons. The molecule has 0 atom stereocenters. The van der Waals surface area contributed by atoms with E-state index in [0.717, 1.165) is 59.9 Å². The molecule has 0 aliphatic carbocycles. The van der Waals surface area contributed by atoms with Crippen LogP contribution in [0, 0.1) is 31.5 Å². The van der Waals surface area contributed by atoms with Gasteiger partial charge in [-0.3, -0.25) is 4.98 Å². The van der Waals surface area contributed by atoms with Crippen molar-refractivity contribution in [3.05, 3.63) is 153 Å². The molecule has 0 saturated heterocycles. The summed E-state index contributed by atoms with van der Waals surface area (Å²) >= 11 is 0. The molecule has 0 amide bonds. The van der Waals surface area contributed by atoms with E-state index in [9.17, 15) is 0 Å². The molecular weight excluding hydrogens is 795 g/mol. The van der Waals surface area contributed by atoms with Gasteiger partial charge in [0, 0.05) is 49.0 Å². The van der Waals surface area contributed by atoms with Gasteiger partial charge in [-0.05, 0) is 50.7 Å². The van der Waals surface area contributed by atoms with Crippen molar-refractivity contribution in [2.24, 2.45) is 0 Å². The van der Waals surface area contributed by atoms with E-state index >= 15 is 0 Å². The quantitative estimate of drug-likeness (QED) is 0.115. The van der Waals surface area contributed by atoms with E-state index in [4.69, 9.17) is 4.98 Å². The molecule has 0 fully saturated rings. The Hall–Kier alpha value is -4.39. The van der Waals surface area contributed by atoms with Crippen molar-refractivity contribution >= 4 is 17.0 Å². The zero-order valence-electron chi connectivity index (χ0n) is 29.8. The Morgan fingerprint density at radius 3 is 1.66 bits per heavy atom. The van der Waals surface area contributed by atoms with Gasteiger partial charge in [0.1, 0.15) is 5.65 Å². The zero-order chi connectivity index (χ0) is 34.4. The van der Waals surface area contributed by atoms with Crippen LogP contribution >= 0.6 is 0 Å². The second kappa shape index (κ2) is 16.1. The summed E-state index contributed by atoms with van der Waals surface area (Å²) in [7, 11) is 0. The van der Waals surface area contributed by atoms with Crippen molar-refractivity contribution in [1.82, 2.24) is 24.2 Å². The van der Waals surface area contributed by atoms with Crippen molar-refractivity contribution < 1.29 is 20.1 Å². The third kappa shape index (κ3) is 8.85. The summed E-state index contributed by atoms with van der Waals surface area (Å²) in [6.45, 7) is 19.6. The van der Waals surface area contributed by atoms with Gasteiger partial charge < -0.3 is 24.0 Å². The van der Waals surface area contributed by atoms with Crippen molar-refractivity contribution in [3.63, 3.8) is 0 Å². The van der Waals surface area contributed by atoms with E-state index in [2.05, 4.69) is 139 Å². The summed E-state index contributed by atoms with van der Waals surface area (Å²) < 4.78 is 2.20. The summed E-state index contributed by atoms with van der Waals surface area (Å²) in [5.41, 5.74) is 7.27. The van der Waals surface area contributed by atoms with Crippen LogP contribution in [0.1, 0.15) is 65.8 Å². The number of benzene rings is 3. The Kier molecular flexibility index (Phi) is 11.9. The molecule has 2 aliphatic heterocycles. The molecule has 1 radical (unpaired) electrons. The van der Waals surface area contributed by atoms with Crippen LogP contribution in [0.5, 0.6) is 0 Å². The second-order valence-electron chi connectivity index (χ2n) is 14.4. The van der Waals surface area contributed by atoms with Gasteiger partial charge in [-0.2, -0.15) is 74.0 Å². The van der Waals surface area contributed by atoms with Crippen LogP contribution in [0.2, 0.25) is 0 Å². The van der Waals surface area contributed by atoms with Crippen molar-refractivity contribution in [2.45, 2.75) is 65.2 Å². The number of aromatic nitrogens is 3. The number of hydrogen-bond donors (Lipinski definition) is 0. The molecule has 0 saturated carbocycles. The van der Waals surface area contributed by atoms with Gasteiger partial charge in [-0.1, -0.05) is 41.5 Å². The van der Waals surface area contributed by atoms with Crippen molar-refractivity contribution in [3.8, 4) is 11.3 Å². The summed E-state index contributed by atoms with van der Waals surface area (Å²) in [5.74, 6) is 0. The molecule has 0 spiro atoms. The first kappa shape index (κ1) is 36.9. The first-order chi connectivity index (χ1) is 23.6. The second-order valence-corrected chi connectivity index (χ2v) is 14.4.